The van der Waals surface area contributed by atoms with E-state index in [2.05, 4.69) is 17.5 Å². The number of benzene rings is 2. The first-order valence-electron chi connectivity index (χ1n) is 8.84. The largest absolute Gasteiger partial charge is 0.478 e. The van der Waals surface area contributed by atoms with Crippen LogP contribution in [0.5, 0.6) is 5.75 Å². The number of aromatic nitrogens is 1. The highest BCUT2D eigenvalue weighted by atomic mass is 32.1. The van der Waals surface area contributed by atoms with Crippen molar-refractivity contribution in [2.24, 2.45) is 0 Å². The van der Waals surface area contributed by atoms with Crippen LogP contribution in [0.3, 0.4) is 0 Å². The molecule has 2 heterocycles. The lowest BCUT2D eigenvalue weighted by Crippen LogP contribution is -2.45. The van der Waals surface area contributed by atoms with E-state index in [1.807, 2.05) is 50.2 Å². The van der Waals surface area contributed by atoms with Gasteiger partial charge in [0.25, 0.3) is 5.91 Å². The van der Waals surface area contributed by atoms with Crippen molar-refractivity contribution in [3.8, 4) is 27.6 Å². The Kier molecular flexibility index (Phi) is 4.47. The number of amides is 1. The number of fused-ring (bicyclic) bond motifs is 1. The molecular formula is C21H20N2O2S. The predicted molar refractivity (Wildman–Crippen MR) is 106 cm³/mol. The molecule has 1 amide bonds. The van der Waals surface area contributed by atoms with Crippen LogP contribution < -0.4 is 9.64 Å². The van der Waals surface area contributed by atoms with E-state index >= 15 is 0 Å². The summed E-state index contributed by atoms with van der Waals surface area (Å²) >= 11 is 1.62. The third kappa shape index (κ3) is 2.88. The maximum absolute atomic E-state index is 12.6. The Bertz CT molecular complexity index is 936. The van der Waals surface area contributed by atoms with Crippen LogP contribution in [0.1, 0.15) is 20.3 Å². The summed E-state index contributed by atoms with van der Waals surface area (Å²) in [5.41, 5.74) is 3.85. The van der Waals surface area contributed by atoms with Crippen molar-refractivity contribution >= 4 is 22.9 Å². The van der Waals surface area contributed by atoms with E-state index in [-0.39, 0.29) is 5.91 Å². The van der Waals surface area contributed by atoms with Crippen LogP contribution in [0.4, 0.5) is 5.69 Å². The van der Waals surface area contributed by atoms with Crippen molar-refractivity contribution in [1.29, 1.82) is 0 Å². The number of carbonyl (C=O) groups excluding carboxylic acids is 1. The molecule has 0 saturated heterocycles. The number of hydrogen-bond acceptors (Lipinski definition) is 4. The van der Waals surface area contributed by atoms with Crippen molar-refractivity contribution < 1.29 is 9.53 Å². The van der Waals surface area contributed by atoms with E-state index < -0.39 is 6.10 Å². The van der Waals surface area contributed by atoms with Gasteiger partial charge in [0.2, 0.25) is 0 Å². The molecule has 0 N–H and O–H groups in total. The molecule has 26 heavy (non-hydrogen) atoms. The molecule has 4 nitrogen and oxygen atoms in total. The number of carbonyl (C=O) groups is 1. The van der Waals surface area contributed by atoms with Crippen molar-refractivity contribution in [3.63, 3.8) is 0 Å². The van der Waals surface area contributed by atoms with Gasteiger partial charge in [0.15, 0.2) is 6.10 Å². The SMILES string of the molecule is CCC1Oc2ccc(-c3csc(-c4ccccc4)n3)cc2N(CC)C1=O. The summed E-state index contributed by atoms with van der Waals surface area (Å²) < 4.78 is 5.88. The molecule has 1 unspecified atom stereocenters. The van der Waals surface area contributed by atoms with Gasteiger partial charge in [-0.2, -0.15) is 0 Å². The Hall–Kier alpha value is -2.66. The average molecular weight is 364 g/mol. The predicted octanol–water partition coefficient (Wildman–Crippen LogP) is 5.00. The number of hydrogen-bond donors (Lipinski definition) is 0. The summed E-state index contributed by atoms with van der Waals surface area (Å²) in [4.78, 5) is 19.2. The van der Waals surface area contributed by atoms with Gasteiger partial charge in [-0.05, 0) is 31.5 Å². The minimum Gasteiger partial charge on any atom is -0.478 e. The molecule has 0 fully saturated rings. The summed E-state index contributed by atoms with van der Waals surface area (Å²) in [6.45, 7) is 4.58. The van der Waals surface area contributed by atoms with E-state index in [0.29, 0.717) is 13.0 Å². The minimum atomic E-state index is -0.391. The lowest BCUT2D eigenvalue weighted by atomic mass is 10.1. The Balaban J connectivity index is 1.71. The van der Waals surface area contributed by atoms with E-state index in [1.165, 1.54) is 0 Å². The first-order valence-corrected chi connectivity index (χ1v) is 9.72. The van der Waals surface area contributed by atoms with Gasteiger partial charge in [-0.25, -0.2) is 4.98 Å². The molecule has 0 bridgehead atoms. The molecule has 1 aliphatic rings. The highest BCUT2D eigenvalue weighted by molar-refractivity contribution is 7.13. The Labute approximate surface area is 157 Å². The van der Waals surface area contributed by atoms with Crippen LogP contribution >= 0.6 is 11.3 Å². The zero-order valence-corrected chi connectivity index (χ0v) is 15.6. The van der Waals surface area contributed by atoms with Gasteiger partial charge in [0.1, 0.15) is 10.8 Å². The maximum atomic E-state index is 12.6. The molecule has 0 aliphatic carbocycles. The van der Waals surface area contributed by atoms with Gasteiger partial charge in [-0.15, -0.1) is 11.3 Å². The number of ether oxygens (including phenoxy) is 1. The maximum Gasteiger partial charge on any atom is 0.268 e. The summed E-state index contributed by atoms with van der Waals surface area (Å²) in [7, 11) is 0. The van der Waals surface area contributed by atoms with Crippen molar-refractivity contribution in [3.05, 3.63) is 53.9 Å². The van der Waals surface area contributed by atoms with E-state index in [4.69, 9.17) is 9.72 Å². The number of thiazole rings is 1. The monoisotopic (exact) mass is 364 g/mol. The molecule has 4 rings (SSSR count). The molecular weight excluding hydrogens is 344 g/mol. The molecule has 1 aliphatic heterocycles. The third-order valence-electron chi connectivity index (χ3n) is 4.57. The van der Waals surface area contributed by atoms with E-state index in [0.717, 1.165) is 33.3 Å². The smallest absolute Gasteiger partial charge is 0.268 e. The molecule has 1 aromatic heterocycles. The molecule has 132 valence electrons. The Morgan fingerprint density at radius 1 is 1.12 bits per heavy atom. The topological polar surface area (TPSA) is 42.4 Å². The van der Waals surface area contributed by atoms with E-state index in [1.54, 1.807) is 16.2 Å². The fourth-order valence-corrected chi connectivity index (χ4v) is 4.02. The second-order valence-electron chi connectivity index (χ2n) is 6.18. The zero-order valence-electron chi connectivity index (χ0n) is 14.8. The Morgan fingerprint density at radius 3 is 2.65 bits per heavy atom. The molecule has 3 aromatic rings. The number of anilines is 1. The van der Waals surface area contributed by atoms with Gasteiger partial charge < -0.3 is 9.64 Å². The molecule has 2 aromatic carbocycles. The molecule has 5 heteroatoms. The second-order valence-corrected chi connectivity index (χ2v) is 7.04. The van der Waals surface area contributed by atoms with Crippen LogP contribution in [0.15, 0.2) is 53.9 Å². The Morgan fingerprint density at radius 2 is 1.92 bits per heavy atom. The van der Waals surface area contributed by atoms with Gasteiger partial charge in [0.05, 0.1) is 11.4 Å². The van der Waals surface area contributed by atoms with Gasteiger partial charge in [-0.1, -0.05) is 37.3 Å². The molecule has 0 spiro atoms. The molecule has 1 atom stereocenters. The minimum absolute atomic E-state index is 0.0305. The summed E-state index contributed by atoms with van der Waals surface area (Å²) in [6, 6.07) is 16.1. The number of rotatable bonds is 4. The van der Waals surface area contributed by atoms with E-state index in [9.17, 15) is 4.79 Å². The highest BCUT2D eigenvalue weighted by Gasteiger charge is 2.32. The van der Waals surface area contributed by atoms with Gasteiger partial charge >= 0.3 is 0 Å². The third-order valence-corrected chi connectivity index (χ3v) is 5.46. The molecule has 0 radical (unpaired) electrons. The number of likely N-dealkylation sites (N-methyl/N-ethyl adjacent to an activating group) is 1. The van der Waals surface area contributed by atoms with Crippen LogP contribution in [-0.2, 0) is 4.79 Å². The quantitative estimate of drug-likeness (QED) is 0.654. The fraction of sp³-hybridized carbons (Fsp3) is 0.238. The first-order chi connectivity index (χ1) is 12.7. The lowest BCUT2D eigenvalue weighted by Gasteiger charge is -2.33. The van der Waals surface area contributed by atoms with Crippen LogP contribution in [0.2, 0.25) is 0 Å². The van der Waals surface area contributed by atoms with Gasteiger partial charge in [-0.3, -0.25) is 4.79 Å². The first kappa shape index (κ1) is 16.8. The fourth-order valence-electron chi connectivity index (χ4n) is 3.19. The summed E-state index contributed by atoms with van der Waals surface area (Å²) in [5.74, 6) is 0.795. The van der Waals surface area contributed by atoms with Crippen molar-refractivity contribution in [1.82, 2.24) is 4.98 Å². The molecule has 0 saturated carbocycles. The number of nitrogens with zero attached hydrogens (tertiary/aromatic N) is 2. The zero-order chi connectivity index (χ0) is 18.1. The van der Waals surface area contributed by atoms with Crippen LogP contribution in [-0.4, -0.2) is 23.5 Å². The summed E-state index contributed by atoms with van der Waals surface area (Å²) in [6.07, 6.45) is 0.278. The van der Waals surface area contributed by atoms with Crippen molar-refractivity contribution in [2.75, 3.05) is 11.4 Å². The standard InChI is InChI=1S/C21H20N2O2S/c1-3-18-21(24)23(4-2)17-12-15(10-11-19(17)25-18)16-13-26-20(22-16)14-8-6-5-7-9-14/h5-13,18H,3-4H2,1-2H3. The van der Waals surface area contributed by atoms with Crippen LogP contribution in [0.25, 0.3) is 21.8 Å². The second kappa shape index (κ2) is 6.92. The normalized spacial score (nSPS) is 16.3. The highest BCUT2D eigenvalue weighted by Crippen LogP contribution is 2.38. The average Bonchev–Trinajstić information content (AvgIpc) is 3.18. The van der Waals surface area contributed by atoms with Crippen LogP contribution in [0, 0.1) is 0 Å². The lowest BCUT2D eigenvalue weighted by molar-refractivity contribution is -0.126. The van der Waals surface area contributed by atoms with Gasteiger partial charge in [0, 0.05) is 23.1 Å². The van der Waals surface area contributed by atoms with Crippen molar-refractivity contribution in [2.45, 2.75) is 26.4 Å². The summed E-state index contributed by atoms with van der Waals surface area (Å²) in [5, 5.41) is 3.05.